The zero-order chi connectivity index (χ0) is 9.03. The molecule has 0 saturated carbocycles. The van der Waals surface area contributed by atoms with Gasteiger partial charge in [-0.2, -0.15) is 0 Å². The zero-order valence-corrected chi connectivity index (χ0v) is 7.67. The Morgan fingerprint density at radius 2 is 1.92 bits per heavy atom. The van der Waals surface area contributed by atoms with Crippen LogP contribution < -0.4 is 0 Å². The molecule has 1 unspecified atom stereocenters. The van der Waals surface area contributed by atoms with Gasteiger partial charge >= 0.3 is 0 Å². The van der Waals surface area contributed by atoms with Crippen LogP contribution in [-0.4, -0.2) is 4.21 Å². The van der Waals surface area contributed by atoms with Gasteiger partial charge < -0.3 is 0 Å². The molecule has 1 aromatic rings. The molecule has 0 aromatic heterocycles. The maximum absolute atomic E-state index is 11.6. The molecule has 12 heavy (non-hydrogen) atoms. The van der Waals surface area contributed by atoms with Crippen molar-refractivity contribution in [3.63, 3.8) is 0 Å². The van der Waals surface area contributed by atoms with E-state index in [1.807, 2.05) is 6.07 Å². The first kappa shape index (κ1) is 9.00. The van der Waals surface area contributed by atoms with Crippen LogP contribution in [-0.2, 0) is 9.73 Å². The maximum Gasteiger partial charge on any atom is 0.0939 e. The Kier molecular flexibility index (Phi) is 2.65. The highest BCUT2D eigenvalue weighted by molar-refractivity contribution is 7.95. The molecule has 64 valence electrons. The topological polar surface area (TPSA) is 40.9 Å². The molecule has 0 aliphatic carbocycles. The summed E-state index contributed by atoms with van der Waals surface area (Å²) in [6, 6.07) is 8.82. The summed E-state index contributed by atoms with van der Waals surface area (Å²) in [5, 5.41) is 1.42. The number of allylic oxidation sites excluding steroid dienone is 1. The average molecular weight is 181 g/mol. The first-order valence-electron chi connectivity index (χ1n) is 3.63. The molecular weight excluding hydrogens is 170 g/mol. The van der Waals surface area contributed by atoms with Gasteiger partial charge in [-0.05, 0) is 19.1 Å². The summed E-state index contributed by atoms with van der Waals surface area (Å²) in [5.41, 5.74) is 0. The molecule has 1 rings (SSSR count). The van der Waals surface area contributed by atoms with Crippen LogP contribution in [0.5, 0.6) is 0 Å². The normalized spacial score (nSPS) is 16.1. The van der Waals surface area contributed by atoms with E-state index in [-0.39, 0.29) is 0 Å². The highest BCUT2D eigenvalue weighted by Crippen LogP contribution is 2.11. The summed E-state index contributed by atoms with van der Waals surface area (Å²) in [4.78, 5) is 0.558. The Balaban J connectivity index is 3.16. The molecule has 0 heterocycles. The van der Waals surface area contributed by atoms with Crippen molar-refractivity contribution >= 4 is 9.73 Å². The van der Waals surface area contributed by atoms with Gasteiger partial charge in [-0.3, -0.25) is 0 Å². The highest BCUT2D eigenvalue weighted by Gasteiger charge is 2.02. The van der Waals surface area contributed by atoms with Gasteiger partial charge in [0.15, 0.2) is 0 Å². The van der Waals surface area contributed by atoms with E-state index < -0.39 is 9.73 Å². The first-order chi connectivity index (χ1) is 5.67. The van der Waals surface area contributed by atoms with E-state index in [2.05, 4.69) is 0 Å². The lowest BCUT2D eigenvalue weighted by atomic mass is 10.4. The fourth-order valence-electron chi connectivity index (χ4n) is 0.893. The smallest absolute Gasteiger partial charge is 0.0939 e. The fraction of sp³-hybridized carbons (Fsp3) is 0.111. The van der Waals surface area contributed by atoms with E-state index in [0.29, 0.717) is 4.90 Å². The molecule has 0 bridgehead atoms. The Labute approximate surface area is 72.9 Å². The lowest BCUT2D eigenvalue weighted by Crippen LogP contribution is -1.92. The van der Waals surface area contributed by atoms with Gasteiger partial charge in [-0.25, -0.2) is 8.99 Å². The van der Waals surface area contributed by atoms with Crippen LogP contribution in [0.25, 0.3) is 0 Å². The Hall–Kier alpha value is -1.09. The maximum atomic E-state index is 11.6. The predicted octanol–water partition coefficient (Wildman–Crippen LogP) is 2.63. The third-order valence-corrected chi connectivity index (χ3v) is 3.05. The van der Waals surface area contributed by atoms with Crippen molar-refractivity contribution in [2.24, 2.45) is 0 Å². The molecule has 1 aromatic carbocycles. The number of benzene rings is 1. The van der Waals surface area contributed by atoms with Crippen LogP contribution >= 0.6 is 0 Å². The quantitative estimate of drug-likeness (QED) is 0.748. The molecule has 0 fully saturated rings. The van der Waals surface area contributed by atoms with E-state index in [1.165, 1.54) is 5.41 Å². The standard InChI is InChI=1S/C9H11NOS/c1-2-8-12(10,11)9-6-4-3-5-7-9/h2-8,10H,1H3/b8-2+. The summed E-state index contributed by atoms with van der Waals surface area (Å²) < 4.78 is 19.1. The van der Waals surface area contributed by atoms with Crippen LogP contribution in [0.1, 0.15) is 6.92 Å². The minimum absolute atomic E-state index is 0.558. The van der Waals surface area contributed by atoms with Gasteiger partial charge in [0.2, 0.25) is 0 Å². The van der Waals surface area contributed by atoms with Gasteiger partial charge in [-0.1, -0.05) is 24.3 Å². The molecule has 2 nitrogen and oxygen atoms in total. The van der Waals surface area contributed by atoms with Crippen LogP contribution in [0.15, 0.2) is 46.7 Å². The van der Waals surface area contributed by atoms with Crippen molar-refractivity contribution in [3.8, 4) is 0 Å². The summed E-state index contributed by atoms with van der Waals surface area (Å²) in [6.45, 7) is 1.76. The third-order valence-electron chi connectivity index (χ3n) is 1.42. The second kappa shape index (κ2) is 3.54. The molecule has 0 aliphatic rings. The Morgan fingerprint density at radius 1 is 1.33 bits per heavy atom. The van der Waals surface area contributed by atoms with Gasteiger partial charge in [0.1, 0.15) is 0 Å². The number of nitrogens with one attached hydrogen (secondary N) is 1. The van der Waals surface area contributed by atoms with Gasteiger partial charge in [-0.15, -0.1) is 0 Å². The molecular formula is C9H11NOS. The monoisotopic (exact) mass is 181 g/mol. The predicted molar refractivity (Wildman–Crippen MR) is 50.4 cm³/mol. The van der Waals surface area contributed by atoms with Crippen molar-refractivity contribution < 1.29 is 4.21 Å². The number of hydrogen-bond acceptors (Lipinski definition) is 2. The van der Waals surface area contributed by atoms with E-state index in [1.54, 1.807) is 37.3 Å². The minimum Gasteiger partial charge on any atom is -0.245 e. The molecule has 0 saturated heterocycles. The lowest BCUT2D eigenvalue weighted by Gasteiger charge is -1.99. The van der Waals surface area contributed by atoms with Crippen molar-refractivity contribution in [2.75, 3.05) is 0 Å². The van der Waals surface area contributed by atoms with E-state index in [0.717, 1.165) is 0 Å². The third kappa shape index (κ3) is 1.95. The van der Waals surface area contributed by atoms with Crippen molar-refractivity contribution in [1.82, 2.24) is 0 Å². The molecule has 3 heteroatoms. The van der Waals surface area contributed by atoms with E-state index in [4.69, 9.17) is 4.78 Å². The highest BCUT2D eigenvalue weighted by atomic mass is 32.2. The number of rotatable bonds is 2. The Bertz CT molecular complexity index is 365. The minimum atomic E-state index is -2.69. The summed E-state index contributed by atoms with van der Waals surface area (Å²) in [6.07, 6.45) is 1.64. The van der Waals surface area contributed by atoms with Crippen LogP contribution in [0.3, 0.4) is 0 Å². The van der Waals surface area contributed by atoms with Gasteiger partial charge in [0.05, 0.1) is 14.6 Å². The fourth-order valence-corrected chi connectivity index (χ4v) is 1.99. The van der Waals surface area contributed by atoms with E-state index in [9.17, 15) is 4.21 Å². The summed E-state index contributed by atoms with van der Waals surface area (Å²) in [5.74, 6) is 0. The van der Waals surface area contributed by atoms with Gasteiger partial charge in [0, 0.05) is 5.41 Å². The van der Waals surface area contributed by atoms with Crippen LogP contribution in [0, 0.1) is 4.78 Å². The Morgan fingerprint density at radius 3 is 2.42 bits per heavy atom. The average Bonchev–Trinajstić information content (AvgIpc) is 2.06. The second-order valence-electron chi connectivity index (χ2n) is 2.38. The zero-order valence-electron chi connectivity index (χ0n) is 6.86. The molecule has 0 amide bonds. The van der Waals surface area contributed by atoms with E-state index >= 15 is 0 Å². The van der Waals surface area contributed by atoms with Crippen molar-refractivity contribution in [2.45, 2.75) is 11.8 Å². The largest absolute Gasteiger partial charge is 0.245 e. The first-order valence-corrected chi connectivity index (χ1v) is 5.25. The van der Waals surface area contributed by atoms with Crippen molar-refractivity contribution in [3.05, 3.63) is 41.8 Å². The van der Waals surface area contributed by atoms with Gasteiger partial charge in [0.25, 0.3) is 0 Å². The molecule has 1 atom stereocenters. The summed E-state index contributed by atoms with van der Waals surface area (Å²) >= 11 is 0. The van der Waals surface area contributed by atoms with Crippen molar-refractivity contribution in [1.29, 1.82) is 4.78 Å². The van der Waals surface area contributed by atoms with Crippen LogP contribution in [0.4, 0.5) is 0 Å². The summed E-state index contributed by atoms with van der Waals surface area (Å²) in [7, 11) is -2.69. The molecule has 0 radical (unpaired) electrons. The molecule has 0 aliphatic heterocycles. The number of hydrogen-bond donors (Lipinski definition) is 1. The second-order valence-corrected chi connectivity index (χ2v) is 4.33. The molecule has 1 N–H and O–H groups in total. The van der Waals surface area contributed by atoms with Crippen LogP contribution in [0.2, 0.25) is 0 Å². The SMILES string of the molecule is C/C=C/S(=N)(=O)c1ccccc1. The lowest BCUT2D eigenvalue weighted by molar-refractivity contribution is 0.680. The molecule has 0 spiro atoms.